The van der Waals surface area contributed by atoms with E-state index in [1.54, 1.807) is 36.5 Å². The van der Waals surface area contributed by atoms with Gasteiger partial charge in [-0.25, -0.2) is 0 Å². The van der Waals surface area contributed by atoms with Crippen LogP contribution in [0.4, 0.5) is 0 Å². The highest BCUT2D eigenvalue weighted by atomic mass is 32.2. The second-order valence-corrected chi connectivity index (χ2v) is 7.86. The van der Waals surface area contributed by atoms with Gasteiger partial charge in [0.2, 0.25) is 0 Å². The number of hydrogen-bond acceptors (Lipinski definition) is 4. The summed E-state index contributed by atoms with van der Waals surface area (Å²) < 4.78 is 20.2. The summed E-state index contributed by atoms with van der Waals surface area (Å²) in [4.78, 5) is 13.7. The molecule has 0 aliphatic carbocycles. The fourth-order valence-electron chi connectivity index (χ4n) is 3.34. The third kappa shape index (κ3) is 3.51. The smallest absolute Gasteiger partial charge is 0.251 e. The molecule has 0 amide bonds. The van der Waals surface area contributed by atoms with Gasteiger partial charge in [0.25, 0.3) is 5.56 Å². The van der Waals surface area contributed by atoms with Crippen LogP contribution in [0.3, 0.4) is 0 Å². The van der Waals surface area contributed by atoms with Crippen LogP contribution in [0.15, 0.2) is 87.5 Å². The monoisotopic (exact) mass is 381 g/mol. The van der Waals surface area contributed by atoms with E-state index in [2.05, 4.69) is 0 Å². The van der Waals surface area contributed by atoms with Crippen molar-refractivity contribution in [1.82, 2.24) is 4.57 Å². The summed E-state index contributed by atoms with van der Waals surface area (Å²) in [5.74, 6) is 0.598. The van der Waals surface area contributed by atoms with E-state index >= 15 is 0 Å². The Hall–Kier alpha value is -2.54. The topological polar surface area (TPSA) is 74.5 Å². The van der Waals surface area contributed by atoms with Crippen LogP contribution < -0.4 is 10.3 Å². The van der Waals surface area contributed by atoms with Gasteiger partial charge in [0.15, 0.2) is 9.79 Å². The highest BCUT2D eigenvalue weighted by molar-refractivity contribution is 7.91. The van der Waals surface area contributed by atoms with Gasteiger partial charge >= 0.3 is 0 Å². The van der Waals surface area contributed by atoms with Crippen LogP contribution in [0.5, 0.6) is 5.75 Å². The summed E-state index contributed by atoms with van der Waals surface area (Å²) in [6.07, 6.45) is 1.27. The molecule has 3 aromatic rings. The molecule has 1 aromatic heterocycles. The Morgan fingerprint density at radius 2 is 1.81 bits per heavy atom. The highest BCUT2D eigenvalue weighted by Crippen LogP contribution is 2.36. The zero-order valence-electron chi connectivity index (χ0n) is 14.5. The minimum Gasteiger partial charge on any atom is -0.606 e. The largest absolute Gasteiger partial charge is 0.606 e. The molecule has 0 fully saturated rings. The molecular weight excluding hydrogens is 362 g/mol. The molecule has 0 saturated carbocycles. The minimum absolute atomic E-state index is 0.205. The average molecular weight is 381 g/mol. The van der Waals surface area contributed by atoms with Crippen LogP contribution in [0.25, 0.3) is 0 Å². The summed E-state index contributed by atoms with van der Waals surface area (Å²) in [5.41, 5.74) is 0.457. The predicted molar refractivity (Wildman–Crippen MR) is 103 cm³/mol. The van der Waals surface area contributed by atoms with Crippen LogP contribution in [-0.4, -0.2) is 26.9 Å². The lowest BCUT2D eigenvalue weighted by atomic mass is 9.99. The molecule has 5 nitrogen and oxygen atoms in total. The van der Waals surface area contributed by atoms with Crippen LogP contribution >= 0.6 is 0 Å². The average Bonchev–Trinajstić information content (AvgIpc) is 2.86. The van der Waals surface area contributed by atoms with E-state index in [-0.39, 0.29) is 5.56 Å². The number of aliphatic hydroxyl groups excluding tert-OH is 1. The van der Waals surface area contributed by atoms with E-state index < -0.39 is 23.3 Å². The van der Waals surface area contributed by atoms with Gasteiger partial charge < -0.3 is 19.0 Å². The first-order chi connectivity index (χ1) is 13.1. The maximum absolute atomic E-state index is 12.9. The lowest BCUT2D eigenvalue weighted by Gasteiger charge is -2.24. The van der Waals surface area contributed by atoms with Crippen molar-refractivity contribution in [1.29, 1.82) is 0 Å². The number of fused-ring (bicyclic) bond motifs is 1. The Morgan fingerprint density at radius 3 is 2.59 bits per heavy atom. The van der Waals surface area contributed by atoms with Crippen LogP contribution in [0.1, 0.15) is 18.0 Å². The first-order valence-electron chi connectivity index (χ1n) is 8.74. The van der Waals surface area contributed by atoms with Crippen molar-refractivity contribution < 1.29 is 14.4 Å². The molecule has 1 aliphatic heterocycles. The van der Waals surface area contributed by atoms with E-state index in [1.807, 2.05) is 30.3 Å². The lowest BCUT2D eigenvalue weighted by molar-refractivity contribution is 0.112. The fourth-order valence-corrected chi connectivity index (χ4v) is 4.45. The Bertz CT molecular complexity index is 989. The number of nitrogens with zero attached hydrogens (tertiary/aromatic N) is 1. The van der Waals surface area contributed by atoms with Crippen LogP contribution in [0, 0.1) is 0 Å². The van der Waals surface area contributed by atoms with Crippen molar-refractivity contribution >= 4 is 11.2 Å². The van der Waals surface area contributed by atoms with Gasteiger partial charge in [0, 0.05) is 41.5 Å². The van der Waals surface area contributed by atoms with Crippen molar-refractivity contribution in [2.45, 2.75) is 28.4 Å². The van der Waals surface area contributed by atoms with Crippen LogP contribution in [-0.2, 0) is 11.2 Å². The standard InChI is InChI=1S/C21H19NO4S/c23-18-11-13-26-19-10-9-16(27(25)15-6-2-1-3-7-15)14-17(19)21(18)22-12-5-4-8-20(22)24/h1-10,12,14,18,21,23H,11,13H2/t18-,21-,27?/m1/s1. The Kier molecular flexibility index (Phi) is 5.03. The molecule has 0 radical (unpaired) electrons. The number of benzene rings is 2. The fraction of sp³-hybridized carbons (Fsp3) is 0.190. The first kappa shape index (κ1) is 17.9. The van der Waals surface area contributed by atoms with Crippen molar-refractivity contribution in [3.05, 3.63) is 88.8 Å². The third-order valence-corrected chi connectivity index (χ3v) is 6.04. The number of pyridine rings is 1. The second kappa shape index (κ2) is 7.60. The van der Waals surface area contributed by atoms with Crippen molar-refractivity contribution in [3.63, 3.8) is 0 Å². The number of aliphatic hydroxyl groups is 1. The molecular formula is C21H19NO4S. The molecule has 2 aromatic carbocycles. The number of hydrogen-bond donors (Lipinski definition) is 1. The Morgan fingerprint density at radius 1 is 1.04 bits per heavy atom. The van der Waals surface area contributed by atoms with E-state index in [4.69, 9.17) is 4.74 Å². The summed E-state index contributed by atoms with van der Waals surface area (Å²) in [5, 5.41) is 10.7. The van der Waals surface area contributed by atoms with Gasteiger partial charge in [-0.2, -0.15) is 0 Å². The molecule has 4 rings (SSSR count). The summed E-state index contributed by atoms with van der Waals surface area (Å²) in [7, 11) is 0. The quantitative estimate of drug-likeness (QED) is 0.708. The number of aromatic nitrogens is 1. The second-order valence-electron chi connectivity index (χ2n) is 6.38. The molecule has 27 heavy (non-hydrogen) atoms. The van der Waals surface area contributed by atoms with Gasteiger partial charge in [-0.05, 0) is 30.3 Å². The van der Waals surface area contributed by atoms with E-state index in [9.17, 15) is 14.5 Å². The molecule has 0 spiro atoms. The molecule has 138 valence electrons. The van der Waals surface area contributed by atoms with E-state index in [0.29, 0.717) is 34.1 Å². The van der Waals surface area contributed by atoms with Crippen molar-refractivity contribution in [3.8, 4) is 5.75 Å². The molecule has 3 atom stereocenters. The zero-order valence-corrected chi connectivity index (χ0v) is 15.3. The zero-order chi connectivity index (χ0) is 18.8. The number of ether oxygens (including phenoxy) is 1. The normalized spacial score (nSPS) is 20.2. The van der Waals surface area contributed by atoms with Gasteiger partial charge in [0.1, 0.15) is 5.75 Å². The van der Waals surface area contributed by atoms with Gasteiger partial charge in [-0.3, -0.25) is 4.79 Å². The molecule has 0 bridgehead atoms. The van der Waals surface area contributed by atoms with Gasteiger partial charge in [-0.15, -0.1) is 0 Å². The third-order valence-electron chi connectivity index (χ3n) is 4.66. The summed E-state index contributed by atoms with van der Waals surface area (Å²) in [6.45, 7) is 0.355. The molecule has 1 unspecified atom stereocenters. The van der Waals surface area contributed by atoms with Crippen molar-refractivity contribution in [2.24, 2.45) is 0 Å². The van der Waals surface area contributed by atoms with Crippen molar-refractivity contribution in [2.75, 3.05) is 6.61 Å². The van der Waals surface area contributed by atoms with E-state index in [0.717, 1.165) is 0 Å². The maximum Gasteiger partial charge on any atom is 0.251 e. The first-order valence-corrected chi connectivity index (χ1v) is 9.89. The lowest BCUT2D eigenvalue weighted by Crippen LogP contribution is -2.32. The molecule has 0 saturated heterocycles. The molecule has 1 aliphatic rings. The summed E-state index contributed by atoms with van der Waals surface area (Å²) >= 11 is -1.36. The molecule has 1 N–H and O–H groups in total. The molecule has 6 heteroatoms. The van der Waals surface area contributed by atoms with E-state index in [1.165, 1.54) is 10.6 Å². The van der Waals surface area contributed by atoms with Gasteiger partial charge in [-0.1, -0.05) is 24.3 Å². The molecule has 2 heterocycles. The summed E-state index contributed by atoms with van der Waals surface area (Å²) in [6, 6.07) is 18.8. The predicted octanol–water partition coefficient (Wildman–Crippen LogP) is 2.75. The van der Waals surface area contributed by atoms with Crippen LogP contribution in [0.2, 0.25) is 0 Å². The minimum atomic E-state index is -1.36. The maximum atomic E-state index is 12.9. The van der Waals surface area contributed by atoms with Gasteiger partial charge in [0.05, 0.1) is 18.8 Å². The SMILES string of the molecule is O=c1ccccn1[C@@H]1c2cc([S+]([O-])c3ccccc3)ccc2OCC[C@H]1O. The Labute approximate surface area is 160 Å². The number of rotatable bonds is 3. The highest BCUT2D eigenvalue weighted by Gasteiger charge is 2.31. The Balaban J connectivity index is 1.83.